The van der Waals surface area contributed by atoms with Crippen molar-refractivity contribution in [2.45, 2.75) is 64.1 Å². The molecule has 22 heavy (non-hydrogen) atoms. The van der Waals surface area contributed by atoms with Gasteiger partial charge in [-0.15, -0.1) is 0 Å². The van der Waals surface area contributed by atoms with Gasteiger partial charge in [0.15, 0.2) is 0 Å². The lowest BCUT2D eigenvalue weighted by Gasteiger charge is -2.38. The first-order chi connectivity index (χ1) is 10.5. The molecule has 0 spiro atoms. The number of fused-ring (bicyclic) bond motifs is 1. The van der Waals surface area contributed by atoms with Crippen LogP contribution in [-0.2, 0) is 4.79 Å². The molecule has 0 fully saturated rings. The molecule has 0 aromatic rings. The van der Waals surface area contributed by atoms with Crippen LogP contribution in [0.3, 0.4) is 0 Å². The Kier molecular flexibility index (Phi) is 6.21. The summed E-state index contributed by atoms with van der Waals surface area (Å²) in [6, 6.07) is 0. The van der Waals surface area contributed by atoms with Crippen LogP contribution in [-0.4, -0.2) is 33.5 Å². The van der Waals surface area contributed by atoms with Gasteiger partial charge in [0.2, 0.25) is 0 Å². The maximum atomic E-state index is 10.5. The van der Waals surface area contributed by atoms with Gasteiger partial charge in [0, 0.05) is 6.42 Å². The van der Waals surface area contributed by atoms with Gasteiger partial charge in [0.1, 0.15) is 0 Å². The lowest BCUT2D eigenvalue weighted by molar-refractivity contribution is -0.137. The zero-order valence-corrected chi connectivity index (χ0v) is 13.3. The van der Waals surface area contributed by atoms with E-state index in [-0.39, 0.29) is 12.5 Å². The number of allylic oxidation sites excluding steroid dienone is 3. The molecular formula is C18H28O4. The highest BCUT2D eigenvalue weighted by Crippen LogP contribution is 2.42. The zero-order valence-electron chi connectivity index (χ0n) is 13.3. The van der Waals surface area contributed by atoms with Crippen molar-refractivity contribution >= 4 is 5.97 Å². The number of carboxylic acid groups (broad SMARTS) is 1. The van der Waals surface area contributed by atoms with E-state index in [0.29, 0.717) is 30.6 Å². The van der Waals surface area contributed by atoms with Gasteiger partial charge in [-0.05, 0) is 61.9 Å². The van der Waals surface area contributed by atoms with Crippen molar-refractivity contribution in [1.29, 1.82) is 0 Å². The Labute approximate surface area is 132 Å². The number of hydrogen-bond acceptors (Lipinski definition) is 3. The number of aliphatic hydroxyl groups is 2. The average Bonchev–Trinajstić information content (AvgIpc) is 2.46. The van der Waals surface area contributed by atoms with Crippen LogP contribution in [0, 0.1) is 17.8 Å². The summed E-state index contributed by atoms with van der Waals surface area (Å²) in [6.07, 6.45) is 10.4. The van der Waals surface area contributed by atoms with Crippen LogP contribution >= 0.6 is 0 Å². The molecule has 0 aliphatic heterocycles. The third-order valence-electron chi connectivity index (χ3n) is 5.13. The predicted octanol–water partition coefficient (Wildman–Crippen LogP) is 2.90. The highest BCUT2D eigenvalue weighted by Gasteiger charge is 2.33. The van der Waals surface area contributed by atoms with E-state index in [1.165, 1.54) is 5.57 Å². The van der Waals surface area contributed by atoms with Crippen molar-refractivity contribution in [2.75, 3.05) is 0 Å². The maximum Gasteiger partial charge on any atom is 0.303 e. The molecule has 0 aromatic carbocycles. The van der Waals surface area contributed by atoms with Gasteiger partial charge in [-0.3, -0.25) is 4.79 Å². The lowest BCUT2D eigenvalue weighted by Crippen LogP contribution is -2.30. The van der Waals surface area contributed by atoms with Gasteiger partial charge < -0.3 is 15.3 Å². The topological polar surface area (TPSA) is 77.8 Å². The lowest BCUT2D eigenvalue weighted by atomic mass is 9.67. The van der Waals surface area contributed by atoms with Crippen molar-refractivity contribution in [3.8, 4) is 0 Å². The first-order valence-electron chi connectivity index (χ1n) is 8.45. The van der Waals surface area contributed by atoms with Crippen molar-refractivity contribution in [1.82, 2.24) is 0 Å². The molecule has 5 atom stereocenters. The van der Waals surface area contributed by atoms with E-state index in [9.17, 15) is 15.0 Å². The van der Waals surface area contributed by atoms with Crippen molar-refractivity contribution in [2.24, 2.45) is 17.8 Å². The molecule has 0 radical (unpaired) electrons. The summed E-state index contributed by atoms with van der Waals surface area (Å²) >= 11 is 0. The van der Waals surface area contributed by atoms with Crippen LogP contribution in [0.25, 0.3) is 0 Å². The zero-order chi connectivity index (χ0) is 16.1. The molecule has 4 heteroatoms. The Morgan fingerprint density at radius 3 is 2.86 bits per heavy atom. The summed E-state index contributed by atoms with van der Waals surface area (Å²) in [4.78, 5) is 10.5. The van der Waals surface area contributed by atoms with Crippen LogP contribution < -0.4 is 0 Å². The van der Waals surface area contributed by atoms with Crippen LogP contribution in [0.1, 0.15) is 51.9 Å². The molecule has 3 N–H and O–H groups in total. The van der Waals surface area contributed by atoms with Crippen LogP contribution in [0.2, 0.25) is 0 Å². The molecule has 2 aliphatic rings. The van der Waals surface area contributed by atoms with E-state index in [2.05, 4.69) is 19.1 Å². The fourth-order valence-corrected chi connectivity index (χ4v) is 3.84. The second-order valence-corrected chi connectivity index (χ2v) is 6.82. The molecule has 2 rings (SSSR count). The molecule has 2 aliphatic carbocycles. The second-order valence-electron chi connectivity index (χ2n) is 6.82. The van der Waals surface area contributed by atoms with Crippen molar-refractivity contribution in [3.63, 3.8) is 0 Å². The van der Waals surface area contributed by atoms with E-state index in [4.69, 9.17) is 5.11 Å². The second kappa shape index (κ2) is 7.93. The molecule has 124 valence electrons. The molecular weight excluding hydrogens is 280 g/mol. The van der Waals surface area contributed by atoms with Gasteiger partial charge in [-0.25, -0.2) is 0 Å². The summed E-state index contributed by atoms with van der Waals surface area (Å²) < 4.78 is 0. The minimum atomic E-state index is -0.797. The molecule has 0 bridgehead atoms. The minimum absolute atomic E-state index is 0.132. The number of aliphatic carboxylic acids is 1. The maximum absolute atomic E-state index is 10.5. The smallest absolute Gasteiger partial charge is 0.303 e. The van der Waals surface area contributed by atoms with Crippen LogP contribution in [0.5, 0.6) is 0 Å². The fourth-order valence-electron chi connectivity index (χ4n) is 3.84. The van der Waals surface area contributed by atoms with Crippen molar-refractivity contribution in [3.05, 3.63) is 23.8 Å². The molecule has 0 saturated heterocycles. The number of hydrogen-bond donors (Lipinski definition) is 3. The standard InChI is InChI=1S/C18H28O4/c1-12-5-6-13-11-15(20)8-10-17(13)16(12)9-7-14(19)3-2-4-18(21)22/h5-6,11-12,14-17,19-20H,2-4,7-10H2,1H3,(H,21,22). The van der Waals surface area contributed by atoms with Gasteiger partial charge in [0.25, 0.3) is 0 Å². The van der Waals surface area contributed by atoms with E-state index < -0.39 is 12.1 Å². The average molecular weight is 308 g/mol. The van der Waals surface area contributed by atoms with Gasteiger partial charge >= 0.3 is 5.97 Å². The quantitative estimate of drug-likeness (QED) is 0.676. The summed E-state index contributed by atoms with van der Waals surface area (Å²) in [5.41, 5.74) is 1.25. The summed E-state index contributed by atoms with van der Waals surface area (Å²) in [6.45, 7) is 2.22. The largest absolute Gasteiger partial charge is 0.481 e. The Bertz CT molecular complexity index is 440. The molecule has 0 heterocycles. The molecule has 0 aromatic heterocycles. The Hall–Kier alpha value is -1.13. The Morgan fingerprint density at radius 1 is 1.36 bits per heavy atom. The van der Waals surface area contributed by atoms with E-state index in [0.717, 1.165) is 25.7 Å². The van der Waals surface area contributed by atoms with Crippen molar-refractivity contribution < 1.29 is 20.1 Å². The van der Waals surface area contributed by atoms with Gasteiger partial charge in [0.05, 0.1) is 12.2 Å². The number of rotatable bonds is 7. The van der Waals surface area contributed by atoms with E-state index >= 15 is 0 Å². The SMILES string of the molecule is CC1C=CC2=CC(O)CCC2C1CCC(O)CCCC(=O)O. The molecule has 0 saturated carbocycles. The summed E-state index contributed by atoms with van der Waals surface area (Å²) in [5, 5.41) is 28.4. The van der Waals surface area contributed by atoms with E-state index in [1.807, 2.05) is 6.08 Å². The predicted molar refractivity (Wildman–Crippen MR) is 85.3 cm³/mol. The van der Waals surface area contributed by atoms with Gasteiger partial charge in [-0.1, -0.05) is 25.2 Å². The minimum Gasteiger partial charge on any atom is -0.481 e. The van der Waals surface area contributed by atoms with E-state index in [1.54, 1.807) is 0 Å². The highest BCUT2D eigenvalue weighted by molar-refractivity contribution is 5.66. The normalized spacial score (nSPS) is 32.2. The Morgan fingerprint density at radius 2 is 2.14 bits per heavy atom. The number of aliphatic hydroxyl groups excluding tert-OH is 2. The first kappa shape index (κ1) is 17.2. The summed E-state index contributed by atoms with van der Waals surface area (Å²) in [7, 11) is 0. The highest BCUT2D eigenvalue weighted by atomic mass is 16.4. The molecule has 0 amide bonds. The number of carboxylic acids is 1. The first-order valence-corrected chi connectivity index (χ1v) is 8.45. The third-order valence-corrected chi connectivity index (χ3v) is 5.13. The fraction of sp³-hybridized carbons (Fsp3) is 0.722. The third kappa shape index (κ3) is 4.68. The monoisotopic (exact) mass is 308 g/mol. The summed E-state index contributed by atoms with van der Waals surface area (Å²) in [5.74, 6) is 0.699. The Balaban J connectivity index is 1.85. The molecule has 5 unspecified atom stereocenters. The van der Waals surface area contributed by atoms with Gasteiger partial charge in [-0.2, -0.15) is 0 Å². The van der Waals surface area contributed by atoms with Crippen LogP contribution in [0.4, 0.5) is 0 Å². The number of carbonyl (C=O) groups is 1. The van der Waals surface area contributed by atoms with Crippen LogP contribution in [0.15, 0.2) is 23.8 Å². The molecule has 4 nitrogen and oxygen atoms in total.